The average molecular weight is 421 g/mol. The van der Waals surface area contributed by atoms with Crippen LogP contribution in [0.3, 0.4) is 0 Å². The minimum atomic E-state index is -0.800. The molecule has 7 heteroatoms. The summed E-state index contributed by atoms with van der Waals surface area (Å²) in [6.45, 7) is 0. The van der Waals surface area contributed by atoms with Crippen molar-refractivity contribution in [1.82, 2.24) is 5.32 Å². The fourth-order valence-electron chi connectivity index (χ4n) is 2.38. The standard InChI is InChI=1S/C18H11BrF2N2OS/c19-14-6-2-3-11-12(14)4-1-5-13(11)17(24)23-18(25)22-16-8-7-10(20)9-15(16)21/h1-9H,(H2,22,23,24,25). The number of hydrogen-bond donors (Lipinski definition) is 2. The van der Waals surface area contributed by atoms with Gasteiger partial charge in [-0.2, -0.15) is 0 Å². The lowest BCUT2D eigenvalue weighted by Gasteiger charge is -2.12. The van der Waals surface area contributed by atoms with Crippen LogP contribution in [0, 0.1) is 11.6 Å². The van der Waals surface area contributed by atoms with Gasteiger partial charge in [0, 0.05) is 16.1 Å². The second-order valence-corrected chi connectivity index (χ2v) is 6.44. The van der Waals surface area contributed by atoms with Gasteiger partial charge < -0.3 is 5.32 Å². The summed E-state index contributed by atoms with van der Waals surface area (Å²) in [5.41, 5.74) is 0.412. The maximum absolute atomic E-state index is 13.6. The highest BCUT2D eigenvalue weighted by atomic mass is 79.9. The van der Waals surface area contributed by atoms with Crippen molar-refractivity contribution in [2.24, 2.45) is 0 Å². The average Bonchev–Trinajstić information content (AvgIpc) is 2.57. The highest BCUT2D eigenvalue weighted by molar-refractivity contribution is 9.10. The van der Waals surface area contributed by atoms with Crippen LogP contribution >= 0.6 is 28.1 Å². The number of hydrogen-bond acceptors (Lipinski definition) is 2. The number of fused-ring (bicyclic) bond motifs is 1. The highest BCUT2D eigenvalue weighted by Crippen LogP contribution is 2.26. The largest absolute Gasteiger partial charge is 0.330 e. The molecular formula is C18H11BrF2N2OS. The van der Waals surface area contributed by atoms with Gasteiger partial charge in [-0.25, -0.2) is 8.78 Å². The van der Waals surface area contributed by atoms with Crippen LogP contribution in [-0.4, -0.2) is 11.0 Å². The van der Waals surface area contributed by atoms with Crippen molar-refractivity contribution in [1.29, 1.82) is 0 Å². The fraction of sp³-hybridized carbons (Fsp3) is 0. The third-order valence-electron chi connectivity index (χ3n) is 3.52. The molecule has 0 fully saturated rings. The molecule has 126 valence electrons. The summed E-state index contributed by atoms with van der Waals surface area (Å²) in [6, 6.07) is 13.9. The summed E-state index contributed by atoms with van der Waals surface area (Å²) >= 11 is 8.49. The lowest BCUT2D eigenvalue weighted by molar-refractivity contribution is 0.0979. The molecule has 3 aromatic rings. The summed E-state index contributed by atoms with van der Waals surface area (Å²) in [5, 5.41) is 6.61. The Kier molecular flexibility index (Phi) is 5.06. The smallest absolute Gasteiger partial charge is 0.258 e. The van der Waals surface area contributed by atoms with Crippen LogP contribution in [0.5, 0.6) is 0 Å². The van der Waals surface area contributed by atoms with Gasteiger partial charge in [-0.05, 0) is 47.3 Å². The Bertz CT molecular complexity index is 994. The normalized spacial score (nSPS) is 10.5. The van der Waals surface area contributed by atoms with Crippen molar-refractivity contribution in [3.8, 4) is 0 Å². The molecular weight excluding hydrogens is 410 g/mol. The molecule has 0 aliphatic carbocycles. The Morgan fingerprint density at radius 1 is 1.00 bits per heavy atom. The molecule has 0 bridgehead atoms. The van der Waals surface area contributed by atoms with Gasteiger partial charge in [-0.15, -0.1) is 0 Å². The van der Waals surface area contributed by atoms with Crippen LogP contribution in [-0.2, 0) is 0 Å². The zero-order chi connectivity index (χ0) is 18.0. The Morgan fingerprint density at radius 3 is 2.48 bits per heavy atom. The molecule has 0 unspecified atom stereocenters. The predicted octanol–water partition coefficient (Wildman–Crippen LogP) is 5.01. The molecule has 3 nitrogen and oxygen atoms in total. The zero-order valence-electron chi connectivity index (χ0n) is 12.6. The van der Waals surface area contributed by atoms with Crippen molar-refractivity contribution >= 4 is 55.6 Å². The van der Waals surface area contributed by atoms with Crippen LogP contribution in [0.2, 0.25) is 0 Å². The first kappa shape index (κ1) is 17.4. The third kappa shape index (κ3) is 3.83. The van der Waals surface area contributed by atoms with Gasteiger partial charge in [0.15, 0.2) is 5.11 Å². The van der Waals surface area contributed by atoms with Gasteiger partial charge in [0.1, 0.15) is 11.6 Å². The summed E-state index contributed by atoms with van der Waals surface area (Å²) in [6.07, 6.45) is 0. The number of rotatable bonds is 2. The molecule has 0 saturated heterocycles. The second-order valence-electron chi connectivity index (χ2n) is 5.17. The first-order valence-corrected chi connectivity index (χ1v) is 8.40. The summed E-state index contributed by atoms with van der Waals surface area (Å²) in [5.74, 6) is -1.92. The van der Waals surface area contributed by atoms with Crippen molar-refractivity contribution < 1.29 is 13.6 Å². The van der Waals surface area contributed by atoms with E-state index in [0.717, 1.165) is 27.4 Å². The van der Waals surface area contributed by atoms with E-state index in [1.807, 2.05) is 24.3 Å². The number of amides is 1. The maximum atomic E-state index is 13.6. The topological polar surface area (TPSA) is 41.1 Å². The van der Waals surface area contributed by atoms with Crippen molar-refractivity contribution in [2.75, 3.05) is 5.32 Å². The molecule has 0 radical (unpaired) electrons. The van der Waals surface area contributed by atoms with Gasteiger partial charge in [0.25, 0.3) is 5.91 Å². The molecule has 0 aliphatic rings. The van der Waals surface area contributed by atoms with E-state index in [2.05, 4.69) is 26.6 Å². The molecule has 25 heavy (non-hydrogen) atoms. The van der Waals surface area contributed by atoms with Gasteiger partial charge >= 0.3 is 0 Å². The van der Waals surface area contributed by atoms with Gasteiger partial charge in [-0.3, -0.25) is 10.1 Å². The predicted molar refractivity (Wildman–Crippen MR) is 102 cm³/mol. The van der Waals surface area contributed by atoms with E-state index in [9.17, 15) is 13.6 Å². The summed E-state index contributed by atoms with van der Waals surface area (Å²) < 4.78 is 27.4. The van der Waals surface area contributed by atoms with E-state index >= 15 is 0 Å². The van der Waals surface area contributed by atoms with Crippen LogP contribution in [0.25, 0.3) is 10.8 Å². The number of carbonyl (C=O) groups is 1. The van der Waals surface area contributed by atoms with E-state index in [1.54, 1.807) is 12.1 Å². The fourth-order valence-corrected chi connectivity index (χ4v) is 3.09. The molecule has 0 aliphatic heterocycles. The lowest BCUT2D eigenvalue weighted by Crippen LogP contribution is -2.34. The van der Waals surface area contributed by atoms with E-state index in [1.165, 1.54) is 6.07 Å². The number of carbonyl (C=O) groups excluding carboxylic acids is 1. The van der Waals surface area contributed by atoms with Crippen LogP contribution in [0.1, 0.15) is 10.4 Å². The number of nitrogens with one attached hydrogen (secondary N) is 2. The third-order valence-corrected chi connectivity index (χ3v) is 4.42. The number of halogens is 3. The van der Waals surface area contributed by atoms with E-state index in [4.69, 9.17) is 12.2 Å². The molecule has 0 saturated carbocycles. The number of benzene rings is 3. The van der Waals surface area contributed by atoms with Crippen molar-refractivity contribution in [3.63, 3.8) is 0 Å². The zero-order valence-corrected chi connectivity index (χ0v) is 15.0. The Labute approximate surface area is 156 Å². The van der Waals surface area contributed by atoms with Gasteiger partial charge in [-0.1, -0.05) is 40.2 Å². The molecule has 3 rings (SSSR count). The summed E-state index contributed by atoms with van der Waals surface area (Å²) in [7, 11) is 0. The maximum Gasteiger partial charge on any atom is 0.258 e. The first-order valence-electron chi connectivity index (χ1n) is 7.20. The number of thiocarbonyl (C=S) groups is 1. The van der Waals surface area contributed by atoms with Crippen molar-refractivity contribution in [3.05, 3.63) is 76.3 Å². The molecule has 0 heterocycles. The molecule has 0 atom stereocenters. The quantitative estimate of drug-likeness (QED) is 0.572. The van der Waals surface area contributed by atoms with Gasteiger partial charge in [0.2, 0.25) is 0 Å². The van der Waals surface area contributed by atoms with Crippen LogP contribution < -0.4 is 10.6 Å². The van der Waals surface area contributed by atoms with E-state index < -0.39 is 17.5 Å². The molecule has 3 aromatic carbocycles. The second kappa shape index (κ2) is 7.25. The van der Waals surface area contributed by atoms with Gasteiger partial charge in [0.05, 0.1) is 5.69 Å². The minimum Gasteiger partial charge on any atom is -0.330 e. The van der Waals surface area contributed by atoms with Crippen LogP contribution in [0.15, 0.2) is 59.1 Å². The summed E-state index contributed by atoms with van der Waals surface area (Å²) in [4.78, 5) is 12.5. The molecule has 2 N–H and O–H groups in total. The number of anilines is 1. The monoisotopic (exact) mass is 420 g/mol. The molecule has 0 spiro atoms. The highest BCUT2D eigenvalue weighted by Gasteiger charge is 2.13. The van der Waals surface area contributed by atoms with Crippen molar-refractivity contribution in [2.45, 2.75) is 0 Å². The van der Waals surface area contributed by atoms with E-state index in [0.29, 0.717) is 5.56 Å². The molecule has 0 aromatic heterocycles. The Balaban J connectivity index is 1.80. The lowest BCUT2D eigenvalue weighted by atomic mass is 10.0. The SMILES string of the molecule is O=C(NC(=S)Nc1ccc(F)cc1F)c1cccc2c(Br)cccc12. The Morgan fingerprint density at radius 2 is 1.72 bits per heavy atom. The molecule has 1 amide bonds. The minimum absolute atomic E-state index is 0.0210. The Hall–Kier alpha value is -2.38. The van der Waals surface area contributed by atoms with Crippen LogP contribution in [0.4, 0.5) is 14.5 Å². The van der Waals surface area contributed by atoms with E-state index in [-0.39, 0.29) is 10.8 Å². The first-order chi connectivity index (χ1) is 12.0.